The van der Waals surface area contributed by atoms with Crippen LogP contribution in [-0.2, 0) is 9.47 Å². The maximum atomic E-state index is 5.92. The summed E-state index contributed by atoms with van der Waals surface area (Å²) in [5, 5.41) is 7.03. The third-order valence-electron chi connectivity index (χ3n) is 5.76. The van der Waals surface area contributed by atoms with E-state index in [0.717, 1.165) is 64.2 Å². The van der Waals surface area contributed by atoms with Gasteiger partial charge in [0.2, 0.25) is 0 Å². The van der Waals surface area contributed by atoms with Gasteiger partial charge < -0.3 is 20.1 Å². The molecule has 1 unspecified atom stereocenters. The van der Waals surface area contributed by atoms with Crippen LogP contribution in [0.4, 0.5) is 0 Å². The van der Waals surface area contributed by atoms with Crippen LogP contribution in [0.1, 0.15) is 51.4 Å². The first kappa shape index (κ1) is 18.9. The Bertz CT molecular complexity index is 406. The van der Waals surface area contributed by atoms with Gasteiger partial charge in [-0.15, -0.1) is 0 Å². The monoisotopic (exact) mass is 352 g/mol. The summed E-state index contributed by atoms with van der Waals surface area (Å²) in [5.74, 6) is 0.935. The predicted octanol–water partition coefficient (Wildman–Crippen LogP) is 1.75. The third-order valence-corrected chi connectivity index (χ3v) is 5.76. The molecular weight excluding hydrogens is 316 g/mol. The topological polar surface area (TPSA) is 58.1 Å². The number of rotatable bonds is 7. The highest BCUT2D eigenvalue weighted by Crippen LogP contribution is 2.26. The van der Waals surface area contributed by atoms with Crippen molar-refractivity contribution >= 4 is 5.96 Å². The van der Waals surface area contributed by atoms with Crippen molar-refractivity contribution < 1.29 is 9.47 Å². The lowest BCUT2D eigenvalue weighted by atomic mass is 10.1. The fraction of sp³-hybridized carbons (Fsp3) is 0.947. The fourth-order valence-electron chi connectivity index (χ4n) is 4.27. The predicted molar refractivity (Wildman–Crippen MR) is 101 cm³/mol. The number of ether oxygens (including phenoxy) is 2. The van der Waals surface area contributed by atoms with Crippen molar-refractivity contribution in [3.63, 3.8) is 0 Å². The van der Waals surface area contributed by atoms with Crippen molar-refractivity contribution in [1.82, 2.24) is 15.5 Å². The van der Waals surface area contributed by atoms with E-state index in [4.69, 9.17) is 9.47 Å². The Kier molecular flexibility index (Phi) is 7.82. The van der Waals surface area contributed by atoms with Gasteiger partial charge in [-0.25, -0.2) is 0 Å². The number of aliphatic imine (C=N–C) groups is 1. The van der Waals surface area contributed by atoms with Crippen molar-refractivity contribution in [2.75, 3.05) is 46.5 Å². The number of guanidine groups is 1. The molecule has 1 atom stereocenters. The molecule has 0 aromatic rings. The molecule has 2 aliphatic heterocycles. The Hall–Kier alpha value is -0.850. The molecule has 3 aliphatic rings. The summed E-state index contributed by atoms with van der Waals surface area (Å²) in [6.07, 6.45) is 10.3. The molecule has 0 bridgehead atoms. The van der Waals surface area contributed by atoms with Crippen LogP contribution in [0, 0.1) is 0 Å². The molecule has 0 spiro atoms. The van der Waals surface area contributed by atoms with Gasteiger partial charge in [0.25, 0.3) is 0 Å². The molecule has 0 aromatic carbocycles. The second kappa shape index (κ2) is 10.3. The zero-order valence-electron chi connectivity index (χ0n) is 15.8. The Labute approximate surface area is 152 Å². The molecule has 0 radical (unpaired) electrons. The van der Waals surface area contributed by atoms with E-state index in [2.05, 4.69) is 20.5 Å². The number of hydrogen-bond donors (Lipinski definition) is 2. The van der Waals surface area contributed by atoms with Crippen LogP contribution in [0.2, 0.25) is 0 Å². The second-order valence-corrected chi connectivity index (χ2v) is 7.60. The highest BCUT2D eigenvalue weighted by atomic mass is 16.5. The molecule has 1 aliphatic carbocycles. The van der Waals surface area contributed by atoms with Crippen molar-refractivity contribution in [2.24, 2.45) is 4.99 Å². The first-order valence-corrected chi connectivity index (χ1v) is 10.3. The zero-order valence-corrected chi connectivity index (χ0v) is 15.8. The molecule has 3 rings (SSSR count). The highest BCUT2D eigenvalue weighted by Gasteiger charge is 2.30. The first-order chi connectivity index (χ1) is 12.3. The summed E-state index contributed by atoms with van der Waals surface area (Å²) in [4.78, 5) is 7.06. The largest absolute Gasteiger partial charge is 0.381 e. The molecule has 3 fully saturated rings. The third kappa shape index (κ3) is 6.12. The Morgan fingerprint density at radius 3 is 2.72 bits per heavy atom. The van der Waals surface area contributed by atoms with E-state index >= 15 is 0 Å². The summed E-state index contributed by atoms with van der Waals surface area (Å²) in [6.45, 7) is 5.81. The average Bonchev–Trinajstić information content (AvgIpc) is 3.33. The minimum atomic E-state index is 0.395. The van der Waals surface area contributed by atoms with E-state index < -0.39 is 0 Å². The number of hydrogen-bond acceptors (Lipinski definition) is 4. The van der Waals surface area contributed by atoms with Crippen LogP contribution in [0.5, 0.6) is 0 Å². The summed E-state index contributed by atoms with van der Waals surface area (Å²) in [6, 6.07) is 1.37. The molecule has 2 saturated heterocycles. The molecule has 2 N–H and O–H groups in total. The van der Waals surface area contributed by atoms with E-state index in [9.17, 15) is 0 Å². The van der Waals surface area contributed by atoms with Crippen LogP contribution in [0.25, 0.3) is 0 Å². The number of nitrogens with zero attached hydrogens (tertiary/aromatic N) is 2. The Balaban J connectivity index is 1.26. The molecule has 1 saturated carbocycles. The quantitative estimate of drug-likeness (QED) is 0.415. The van der Waals surface area contributed by atoms with E-state index in [0.29, 0.717) is 12.1 Å². The van der Waals surface area contributed by atoms with E-state index in [1.54, 1.807) is 0 Å². The Morgan fingerprint density at radius 1 is 1.16 bits per heavy atom. The SMILES string of the molecule is CN=C(NCCCOC1CCOCC1)NC1CCN(C2CCCC2)C1. The van der Waals surface area contributed by atoms with Crippen LogP contribution in [0.3, 0.4) is 0 Å². The van der Waals surface area contributed by atoms with E-state index in [-0.39, 0.29) is 0 Å². The minimum Gasteiger partial charge on any atom is -0.381 e. The average molecular weight is 353 g/mol. The van der Waals surface area contributed by atoms with Gasteiger partial charge >= 0.3 is 0 Å². The minimum absolute atomic E-state index is 0.395. The van der Waals surface area contributed by atoms with Gasteiger partial charge in [-0.2, -0.15) is 0 Å². The van der Waals surface area contributed by atoms with E-state index in [1.165, 1.54) is 38.6 Å². The lowest BCUT2D eigenvalue weighted by Gasteiger charge is -2.24. The van der Waals surface area contributed by atoms with Crippen molar-refractivity contribution in [3.05, 3.63) is 0 Å². The smallest absolute Gasteiger partial charge is 0.191 e. The molecule has 2 heterocycles. The molecule has 0 amide bonds. The maximum absolute atomic E-state index is 5.92. The van der Waals surface area contributed by atoms with Crippen LogP contribution >= 0.6 is 0 Å². The summed E-state index contributed by atoms with van der Waals surface area (Å²) >= 11 is 0. The lowest BCUT2D eigenvalue weighted by Crippen LogP contribution is -2.45. The Morgan fingerprint density at radius 2 is 1.96 bits per heavy atom. The van der Waals surface area contributed by atoms with Gasteiger partial charge in [0.05, 0.1) is 6.10 Å². The van der Waals surface area contributed by atoms with Gasteiger partial charge in [0.15, 0.2) is 5.96 Å². The zero-order chi connectivity index (χ0) is 17.3. The summed E-state index contributed by atoms with van der Waals surface area (Å²) in [5.41, 5.74) is 0. The number of nitrogens with one attached hydrogen (secondary N) is 2. The molecule has 25 heavy (non-hydrogen) atoms. The highest BCUT2D eigenvalue weighted by molar-refractivity contribution is 5.79. The van der Waals surface area contributed by atoms with Crippen molar-refractivity contribution in [1.29, 1.82) is 0 Å². The normalized spacial score (nSPS) is 27.1. The molecule has 144 valence electrons. The van der Waals surface area contributed by atoms with Crippen molar-refractivity contribution in [2.45, 2.75) is 69.6 Å². The lowest BCUT2D eigenvalue weighted by molar-refractivity contribution is -0.0320. The number of likely N-dealkylation sites (tertiary alicyclic amines) is 1. The molecule has 0 aromatic heterocycles. The van der Waals surface area contributed by atoms with Crippen molar-refractivity contribution in [3.8, 4) is 0 Å². The maximum Gasteiger partial charge on any atom is 0.191 e. The fourth-order valence-corrected chi connectivity index (χ4v) is 4.27. The second-order valence-electron chi connectivity index (χ2n) is 7.60. The van der Waals surface area contributed by atoms with E-state index in [1.807, 2.05) is 7.05 Å². The van der Waals surface area contributed by atoms with Crippen LogP contribution in [-0.4, -0.2) is 75.5 Å². The summed E-state index contributed by atoms with van der Waals surface area (Å²) < 4.78 is 11.3. The van der Waals surface area contributed by atoms with Crippen LogP contribution < -0.4 is 10.6 Å². The molecular formula is C19H36N4O2. The first-order valence-electron chi connectivity index (χ1n) is 10.3. The van der Waals surface area contributed by atoms with Gasteiger partial charge in [0, 0.05) is 58.6 Å². The standard InChI is InChI=1S/C19H36N4O2/c1-20-19(21-10-4-12-25-18-8-13-24-14-9-18)22-16-7-11-23(15-16)17-5-2-3-6-17/h16-18H,2-15H2,1H3,(H2,20,21,22). The van der Waals surface area contributed by atoms with Gasteiger partial charge in [-0.3, -0.25) is 9.89 Å². The van der Waals surface area contributed by atoms with Crippen LogP contribution in [0.15, 0.2) is 4.99 Å². The van der Waals surface area contributed by atoms with Gasteiger partial charge in [-0.05, 0) is 38.5 Å². The molecule has 6 nitrogen and oxygen atoms in total. The van der Waals surface area contributed by atoms with Gasteiger partial charge in [0.1, 0.15) is 0 Å². The van der Waals surface area contributed by atoms with Gasteiger partial charge in [-0.1, -0.05) is 12.8 Å². The summed E-state index contributed by atoms with van der Waals surface area (Å²) in [7, 11) is 1.86. The molecule has 6 heteroatoms.